The lowest BCUT2D eigenvalue weighted by atomic mass is 9.97. The van der Waals surface area contributed by atoms with Crippen LogP contribution < -0.4 is 5.32 Å². The van der Waals surface area contributed by atoms with Crippen molar-refractivity contribution in [3.8, 4) is 0 Å². The van der Waals surface area contributed by atoms with Gasteiger partial charge < -0.3 is 10.4 Å². The Labute approximate surface area is 149 Å². The maximum atomic E-state index is 12.9. The molecular weight excluding hydrogens is 340 g/mol. The number of benzene rings is 1. The van der Waals surface area contributed by atoms with Gasteiger partial charge in [-0.15, -0.1) is 0 Å². The van der Waals surface area contributed by atoms with E-state index in [0.29, 0.717) is 30.8 Å². The van der Waals surface area contributed by atoms with Crippen molar-refractivity contribution in [2.75, 3.05) is 19.6 Å². The molecule has 1 atom stereocenters. The highest BCUT2D eigenvalue weighted by atomic mass is 32.2. The minimum absolute atomic E-state index is 0.101. The van der Waals surface area contributed by atoms with E-state index in [-0.39, 0.29) is 18.4 Å². The smallest absolute Gasteiger partial charge is 0.243 e. The Morgan fingerprint density at radius 3 is 2.64 bits per heavy atom. The second kappa shape index (κ2) is 7.43. The molecule has 0 saturated carbocycles. The van der Waals surface area contributed by atoms with E-state index in [1.165, 1.54) is 9.87 Å². The van der Waals surface area contributed by atoms with E-state index in [9.17, 15) is 18.3 Å². The molecule has 0 aromatic heterocycles. The lowest BCUT2D eigenvalue weighted by molar-refractivity contribution is -0.126. The van der Waals surface area contributed by atoms with Crippen molar-refractivity contribution in [3.05, 3.63) is 29.3 Å². The fourth-order valence-corrected chi connectivity index (χ4v) is 5.13. The number of aryl methyl sites for hydroxylation is 2. The van der Waals surface area contributed by atoms with E-state index < -0.39 is 16.1 Å². The molecule has 0 bridgehead atoms. The zero-order chi connectivity index (χ0) is 18.0. The van der Waals surface area contributed by atoms with E-state index in [1.54, 1.807) is 13.0 Å². The molecule has 1 aromatic rings. The Balaban J connectivity index is 1.63. The SMILES string of the molecule is CC(O)CNC(=O)C1CCN(S(=O)(=O)c2ccc3c(c2)CCC3)CC1. The van der Waals surface area contributed by atoms with Crippen molar-refractivity contribution in [2.45, 2.75) is 50.0 Å². The predicted molar refractivity (Wildman–Crippen MR) is 94.6 cm³/mol. The number of piperidine rings is 1. The zero-order valence-corrected chi connectivity index (χ0v) is 15.4. The summed E-state index contributed by atoms with van der Waals surface area (Å²) in [5.74, 6) is -0.291. The van der Waals surface area contributed by atoms with Crippen LogP contribution in [0.2, 0.25) is 0 Å². The van der Waals surface area contributed by atoms with Crippen molar-refractivity contribution in [3.63, 3.8) is 0 Å². The summed E-state index contributed by atoms with van der Waals surface area (Å²) in [4.78, 5) is 12.4. The average molecular weight is 366 g/mol. The first-order chi connectivity index (χ1) is 11.9. The lowest BCUT2D eigenvalue weighted by Gasteiger charge is -2.30. The van der Waals surface area contributed by atoms with Crippen LogP contribution in [-0.2, 0) is 27.7 Å². The molecule has 0 radical (unpaired) electrons. The molecular formula is C18H26N2O4S. The largest absolute Gasteiger partial charge is 0.392 e. The number of carbonyl (C=O) groups excluding carboxylic acids is 1. The molecule has 138 valence electrons. The third-order valence-electron chi connectivity index (χ3n) is 5.10. The van der Waals surface area contributed by atoms with Gasteiger partial charge in [-0.25, -0.2) is 8.42 Å². The Morgan fingerprint density at radius 1 is 1.28 bits per heavy atom. The first-order valence-corrected chi connectivity index (χ1v) is 10.4. The molecule has 25 heavy (non-hydrogen) atoms. The lowest BCUT2D eigenvalue weighted by Crippen LogP contribution is -2.44. The zero-order valence-electron chi connectivity index (χ0n) is 14.6. The monoisotopic (exact) mass is 366 g/mol. The summed E-state index contributed by atoms with van der Waals surface area (Å²) >= 11 is 0. The highest BCUT2D eigenvalue weighted by Crippen LogP contribution is 2.28. The molecule has 1 unspecified atom stereocenters. The Hall–Kier alpha value is -1.44. The van der Waals surface area contributed by atoms with Gasteiger partial charge in [-0.3, -0.25) is 4.79 Å². The number of fused-ring (bicyclic) bond motifs is 1. The number of sulfonamides is 1. The number of aliphatic hydroxyl groups excluding tert-OH is 1. The predicted octanol–water partition coefficient (Wildman–Crippen LogP) is 1.07. The van der Waals surface area contributed by atoms with Crippen LogP contribution in [0.15, 0.2) is 23.1 Å². The molecule has 1 aliphatic carbocycles. The quantitative estimate of drug-likeness (QED) is 0.816. The average Bonchev–Trinajstić information content (AvgIpc) is 3.07. The van der Waals surface area contributed by atoms with Gasteiger partial charge >= 0.3 is 0 Å². The summed E-state index contributed by atoms with van der Waals surface area (Å²) in [5.41, 5.74) is 2.40. The topological polar surface area (TPSA) is 86.7 Å². The van der Waals surface area contributed by atoms with E-state index in [0.717, 1.165) is 24.8 Å². The fourth-order valence-electron chi connectivity index (χ4n) is 3.61. The van der Waals surface area contributed by atoms with Crippen molar-refractivity contribution in [1.82, 2.24) is 9.62 Å². The number of nitrogens with one attached hydrogen (secondary N) is 1. The minimum atomic E-state index is -3.50. The van der Waals surface area contributed by atoms with Gasteiger partial charge in [0.05, 0.1) is 11.0 Å². The first kappa shape index (κ1) is 18.4. The van der Waals surface area contributed by atoms with Gasteiger partial charge in [0, 0.05) is 25.6 Å². The molecule has 7 heteroatoms. The molecule has 1 aliphatic heterocycles. The normalized spacial score (nSPS) is 20.2. The summed E-state index contributed by atoms with van der Waals surface area (Å²) in [7, 11) is -3.50. The van der Waals surface area contributed by atoms with Crippen LogP contribution in [0.3, 0.4) is 0 Å². The van der Waals surface area contributed by atoms with Crippen LogP contribution in [0.1, 0.15) is 37.3 Å². The molecule has 0 spiro atoms. The van der Waals surface area contributed by atoms with Crippen molar-refractivity contribution < 1.29 is 18.3 Å². The molecule has 3 rings (SSSR count). The van der Waals surface area contributed by atoms with E-state index in [4.69, 9.17) is 0 Å². The molecule has 1 heterocycles. The van der Waals surface area contributed by atoms with Crippen LogP contribution in [0.5, 0.6) is 0 Å². The standard InChI is InChI=1S/C18H26N2O4S/c1-13(21)12-19-18(22)15-7-9-20(10-8-15)25(23,24)17-6-5-14-3-2-4-16(14)11-17/h5-6,11,13,15,21H,2-4,7-10,12H2,1H3,(H,19,22). The van der Waals surface area contributed by atoms with Crippen molar-refractivity contribution in [2.24, 2.45) is 5.92 Å². The van der Waals surface area contributed by atoms with Gasteiger partial charge in [0.1, 0.15) is 0 Å². The number of aliphatic hydroxyl groups is 1. The maximum Gasteiger partial charge on any atom is 0.243 e. The third kappa shape index (κ3) is 4.04. The number of rotatable bonds is 5. The molecule has 2 N–H and O–H groups in total. The Morgan fingerprint density at radius 2 is 1.96 bits per heavy atom. The molecule has 2 aliphatic rings. The highest BCUT2D eigenvalue weighted by Gasteiger charge is 2.32. The fraction of sp³-hybridized carbons (Fsp3) is 0.611. The molecule has 1 fully saturated rings. The molecule has 1 amide bonds. The molecule has 1 aromatic carbocycles. The number of carbonyl (C=O) groups is 1. The molecule has 6 nitrogen and oxygen atoms in total. The number of hydrogen-bond acceptors (Lipinski definition) is 4. The van der Waals surface area contributed by atoms with Crippen LogP contribution in [0, 0.1) is 5.92 Å². The van der Waals surface area contributed by atoms with Gasteiger partial charge in [-0.05, 0) is 62.3 Å². The van der Waals surface area contributed by atoms with Gasteiger partial charge in [0.2, 0.25) is 15.9 Å². The van der Waals surface area contributed by atoms with Crippen molar-refractivity contribution >= 4 is 15.9 Å². The summed E-state index contributed by atoms with van der Waals surface area (Å²) < 4.78 is 27.2. The number of amides is 1. The molecule has 1 saturated heterocycles. The maximum absolute atomic E-state index is 12.9. The van der Waals surface area contributed by atoms with Crippen LogP contribution >= 0.6 is 0 Å². The Kier molecular flexibility index (Phi) is 5.46. The number of nitrogens with zero attached hydrogens (tertiary/aromatic N) is 1. The summed E-state index contributed by atoms with van der Waals surface area (Å²) in [6.45, 7) is 2.55. The van der Waals surface area contributed by atoms with E-state index in [1.807, 2.05) is 12.1 Å². The first-order valence-electron chi connectivity index (χ1n) is 8.95. The minimum Gasteiger partial charge on any atom is -0.392 e. The van der Waals surface area contributed by atoms with Gasteiger partial charge in [0.25, 0.3) is 0 Å². The van der Waals surface area contributed by atoms with Crippen LogP contribution in [0.4, 0.5) is 0 Å². The van der Waals surface area contributed by atoms with Gasteiger partial charge in [-0.2, -0.15) is 4.31 Å². The van der Waals surface area contributed by atoms with Gasteiger partial charge in [0.15, 0.2) is 0 Å². The second-order valence-corrected chi connectivity index (χ2v) is 8.99. The third-order valence-corrected chi connectivity index (χ3v) is 7.00. The second-order valence-electron chi connectivity index (χ2n) is 7.06. The number of hydrogen-bond donors (Lipinski definition) is 2. The summed E-state index contributed by atoms with van der Waals surface area (Å²) in [6.07, 6.45) is 3.51. The highest BCUT2D eigenvalue weighted by molar-refractivity contribution is 7.89. The summed E-state index contributed by atoms with van der Waals surface area (Å²) in [5, 5.41) is 11.9. The van der Waals surface area contributed by atoms with Crippen molar-refractivity contribution in [1.29, 1.82) is 0 Å². The van der Waals surface area contributed by atoms with Crippen LogP contribution in [0.25, 0.3) is 0 Å². The van der Waals surface area contributed by atoms with E-state index >= 15 is 0 Å². The van der Waals surface area contributed by atoms with Gasteiger partial charge in [-0.1, -0.05) is 6.07 Å². The van der Waals surface area contributed by atoms with Crippen LogP contribution in [-0.4, -0.2) is 49.5 Å². The van der Waals surface area contributed by atoms with E-state index in [2.05, 4.69) is 5.32 Å². The Bertz CT molecular complexity index is 737. The summed E-state index contributed by atoms with van der Waals surface area (Å²) in [6, 6.07) is 5.46.